The summed E-state index contributed by atoms with van der Waals surface area (Å²) in [6.07, 6.45) is 6.41. The average molecular weight is 656 g/mol. The number of methoxy groups -OCH3 is 1. The minimum absolute atomic E-state index is 0.0240. The SMILES string of the molecule is COc1cccc(CN(C(=O)C2=C(c3cnc(CCCOc4c(Cl)cc(C)c(C)c4Cl)s3)CC3CNCC2N3)C2CC2)c1C. The number of amides is 1. The lowest BCUT2D eigenvalue weighted by molar-refractivity contribution is -0.128. The van der Waals surface area contributed by atoms with Gasteiger partial charge in [0.1, 0.15) is 5.75 Å². The van der Waals surface area contributed by atoms with Gasteiger partial charge in [-0.2, -0.15) is 0 Å². The summed E-state index contributed by atoms with van der Waals surface area (Å²) in [6, 6.07) is 8.52. The third-order valence-corrected chi connectivity index (χ3v) is 10.9. The van der Waals surface area contributed by atoms with Crippen LogP contribution in [0.4, 0.5) is 0 Å². The number of thiazole rings is 1. The molecule has 7 nitrogen and oxygen atoms in total. The lowest BCUT2D eigenvalue weighted by Crippen LogP contribution is -2.59. The molecule has 44 heavy (non-hydrogen) atoms. The molecule has 6 rings (SSSR count). The van der Waals surface area contributed by atoms with Gasteiger partial charge in [-0.3, -0.25) is 4.79 Å². The van der Waals surface area contributed by atoms with Gasteiger partial charge in [0.25, 0.3) is 5.91 Å². The zero-order valence-corrected chi connectivity index (χ0v) is 28.1. The zero-order valence-electron chi connectivity index (χ0n) is 25.8. The Morgan fingerprint density at radius 3 is 2.75 bits per heavy atom. The van der Waals surface area contributed by atoms with Gasteiger partial charge in [-0.15, -0.1) is 11.3 Å². The first-order valence-electron chi connectivity index (χ1n) is 15.4. The zero-order chi connectivity index (χ0) is 31.0. The van der Waals surface area contributed by atoms with E-state index in [1.807, 2.05) is 38.2 Å². The largest absolute Gasteiger partial charge is 0.496 e. The van der Waals surface area contributed by atoms with Crippen LogP contribution in [0.1, 0.15) is 57.8 Å². The van der Waals surface area contributed by atoms with E-state index in [9.17, 15) is 4.79 Å². The second-order valence-electron chi connectivity index (χ2n) is 12.1. The van der Waals surface area contributed by atoms with E-state index in [2.05, 4.69) is 28.5 Å². The van der Waals surface area contributed by atoms with Crippen LogP contribution in [0.5, 0.6) is 11.5 Å². The lowest BCUT2D eigenvalue weighted by Gasteiger charge is -2.40. The molecule has 3 aliphatic rings. The highest BCUT2D eigenvalue weighted by Crippen LogP contribution is 2.39. The molecule has 0 spiro atoms. The number of nitrogens with one attached hydrogen (secondary N) is 2. The molecule has 2 bridgehead atoms. The van der Waals surface area contributed by atoms with E-state index in [0.717, 1.165) is 94.2 Å². The molecule has 1 aliphatic carbocycles. The third kappa shape index (κ3) is 6.51. The molecule has 1 saturated carbocycles. The first kappa shape index (κ1) is 31.4. The molecule has 234 valence electrons. The molecule has 2 atom stereocenters. The van der Waals surface area contributed by atoms with E-state index >= 15 is 0 Å². The summed E-state index contributed by atoms with van der Waals surface area (Å²) in [4.78, 5) is 22.5. The number of rotatable bonds is 11. The molecule has 2 aromatic carbocycles. The van der Waals surface area contributed by atoms with Crippen molar-refractivity contribution in [2.24, 2.45) is 0 Å². The highest BCUT2D eigenvalue weighted by molar-refractivity contribution is 7.12. The van der Waals surface area contributed by atoms with Crippen LogP contribution >= 0.6 is 34.5 Å². The van der Waals surface area contributed by atoms with Crippen molar-refractivity contribution in [2.75, 3.05) is 26.8 Å². The number of aromatic nitrogens is 1. The maximum Gasteiger partial charge on any atom is 0.252 e. The van der Waals surface area contributed by atoms with Crippen LogP contribution in [0.15, 0.2) is 36.0 Å². The molecule has 3 heterocycles. The number of aryl methyl sites for hydroxylation is 2. The van der Waals surface area contributed by atoms with Crippen molar-refractivity contribution < 1.29 is 14.3 Å². The second-order valence-corrected chi connectivity index (χ2v) is 14.0. The van der Waals surface area contributed by atoms with Crippen molar-refractivity contribution in [3.63, 3.8) is 0 Å². The van der Waals surface area contributed by atoms with E-state index in [4.69, 9.17) is 37.7 Å². The number of carbonyl (C=O) groups excluding carboxylic acids is 1. The molecular weight excluding hydrogens is 615 g/mol. The normalized spacial score (nSPS) is 19.7. The number of hydrogen-bond donors (Lipinski definition) is 2. The quantitative estimate of drug-likeness (QED) is 0.225. The van der Waals surface area contributed by atoms with Gasteiger partial charge in [0.15, 0.2) is 5.75 Å². The molecule has 10 heteroatoms. The third-order valence-electron chi connectivity index (χ3n) is 9.05. The summed E-state index contributed by atoms with van der Waals surface area (Å²) in [5.74, 6) is 1.53. The molecular formula is C34H40Cl2N4O3S. The van der Waals surface area contributed by atoms with Gasteiger partial charge in [0, 0.05) is 49.9 Å². The van der Waals surface area contributed by atoms with Crippen LogP contribution in [-0.4, -0.2) is 60.7 Å². The van der Waals surface area contributed by atoms with Gasteiger partial charge in [-0.1, -0.05) is 35.3 Å². The Labute approximate surface area is 273 Å². The van der Waals surface area contributed by atoms with Crippen molar-refractivity contribution in [3.05, 3.63) is 78.2 Å². The van der Waals surface area contributed by atoms with Gasteiger partial charge >= 0.3 is 0 Å². The minimum atomic E-state index is -0.0240. The summed E-state index contributed by atoms with van der Waals surface area (Å²) >= 11 is 14.6. The predicted molar refractivity (Wildman–Crippen MR) is 178 cm³/mol. The second kappa shape index (κ2) is 13.4. The summed E-state index contributed by atoms with van der Waals surface area (Å²) in [7, 11) is 1.69. The fourth-order valence-electron chi connectivity index (χ4n) is 6.25. The Morgan fingerprint density at radius 1 is 1.16 bits per heavy atom. The fraction of sp³-hybridized carbons (Fsp3) is 0.471. The highest BCUT2D eigenvalue weighted by atomic mass is 35.5. The van der Waals surface area contributed by atoms with Crippen molar-refractivity contribution in [2.45, 2.75) is 77.5 Å². The maximum atomic E-state index is 14.5. The monoisotopic (exact) mass is 654 g/mol. The molecule has 1 amide bonds. The van der Waals surface area contributed by atoms with Crippen LogP contribution < -0.4 is 20.1 Å². The lowest BCUT2D eigenvalue weighted by atomic mass is 9.86. The number of ether oxygens (including phenoxy) is 2. The van der Waals surface area contributed by atoms with Gasteiger partial charge < -0.3 is 25.0 Å². The first-order chi connectivity index (χ1) is 21.2. The topological polar surface area (TPSA) is 75.7 Å². The van der Waals surface area contributed by atoms with E-state index in [1.54, 1.807) is 18.4 Å². The fourth-order valence-corrected chi connectivity index (χ4v) is 7.94. The van der Waals surface area contributed by atoms with Crippen molar-refractivity contribution >= 4 is 46.0 Å². The van der Waals surface area contributed by atoms with Gasteiger partial charge in [0.05, 0.1) is 39.7 Å². The maximum absolute atomic E-state index is 14.5. The molecule has 1 aromatic heterocycles. The van der Waals surface area contributed by atoms with E-state index in [1.165, 1.54) is 0 Å². The standard InChI is InChI=1S/C34H40Cl2N4O3S/c1-19-13-26(35)33(32(36)20(19)2)43-12-6-9-30-38-17-29(44-30)25-14-23-15-37-16-27(39-23)31(25)34(41)40(24-10-11-24)18-22-7-5-8-28(42-4)21(22)3/h5,7-8,13,17,23-24,27,37,39H,6,9-12,14-16,18H2,1-4H3. The Hall–Kier alpha value is -2.62. The number of hydrogen-bond acceptors (Lipinski definition) is 7. The Kier molecular flexibility index (Phi) is 9.55. The predicted octanol–water partition coefficient (Wildman–Crippen LogP) is 6.67. The number of piperazine rings is 1. The molecule has 2 unspecified atom stereocenters. The van der Waals surface area contributed by atoms with Gasteiger partial charge in [-0.05, 0) is 86.4 Å². The average Bonchev–Trinajstić information content (AvgIpc) is 3.75. The van der Waals surface area contributed by atoms with Crippen LogP contribution in [0.3, 0.4) is 0 Å². The van der Waals surface area contributed by atoms with Gasteiger partial charge in [0.2, 0.25) is 0 Å². The van der Waals surface area contributed by atoms with Crippen LogP contribution in [0, 0.1) is 20.8 Å². The number of nitrogens with zero attached hydrogens (tertiary/aromatic N) is 2. The van der Waals surface area contributed by atoms with Crippen LogP contribution in [-0.2, 0) is 17.8 Å². The molecule has 2 fully saturated rings. The molecule has 2 N–H and O–H groups in total. The molecule has 2 aliphatic heterocycles. The number of benzene rings is 2. The van der Waals surface area contributed by atoms with Gasteiger partial charge in [-0.25, -0.2) is 4.98 Å². The smallest absolute Gasteiger partial charge is 0.252 e. The Bertz CT molecular complexity index is 1580. The molecule has 1 saturated heterocycles. The molecule has 0 radical (unpaired) electrons. The van der Waals surface area contributed by atoms with Crippen molar-refractivity contribution in [1.29, 1.82) is 0 Å². The van der Waals surface area contributed by atoms with Crippen molar-refractivity contribution in [3.8, 4) is 11.5 Å². The van der Waals surface area contributed by atoms with E-state index in [0.29, 0.717) is 35.0 Å². The first-order valence-corrected chi connectivity index (χ1v) is 17.0. The Balaban J connectivity index is 1.21. The van der Waals surface area contributed by atoms with Crippen LogP contribution in [0.25, 0.3) is 5.57 Å². The summed E-state index contributed by atoms with van der Waals surface area (Å²) in [5.41, 5.74) is 6.27. The van der Waals surface area contributed by atoms with E-state index in [-0.39, 0.29) is 18.0 Å². The van der Waals surface area contributed by atoms with E-state index < -0.39 is 0 Å². The summed E-state index contributed by atoms with van der Waals surface area (Å²) in [6.45, 7) is 8.73. The van der Waals surface area contributed by atoms with Crippen LogP contribution in [0.2, 0.25) is 10.0 Å². The summed E-state index contributed by atoms with van der Waals surface area (Å²) < 4.78 is 11.6. The number of halogens is 2. The highest BCUT2D eigenvalue weighted by Gasteiger charge is 2.41. The Morgan fingerprint density at radius 2 is 1.98 bits per heavy atom. The minimum Gasteiger partial charge on any atom is -0.496 e. The summed E-state index contributed by atoms with van der Waals surface area (Å²) in [5, 5.41) is 9.41. The molecule has 3 aromatic rings. The number of fused-ring (bicyclic) bond motifs is 2. The van der Waals surface area contributed by atoms with Crippen molar-refractivity contribution in [1.82, 2.24) is 20.5 Å². The number of carbonyl (C=O) groups is 1.